The lowest BCUT2D eigenvalue weighted by Crippen LogP contribution is -2.35. The molecule has 7 heteroatoms. The molecule has 0 aliphatic carbocycles. The zero-order valence-corrected chi connectivity index (χ0v) is 14.6. The van der Waals surface area contributed by atoms with Crippen LogP contribution in [0.2, 0.25) is 0 Å². The van der Waals surface area contributed by atoms with E-state index in [0.29, 0.717) is 30.8 Å². The number of anilines is 2. The standard InChI is InChI=1S/C18H19FN2O3S/c1-2-18(22)20-15-7-10-17-13(12-15)4-3-11-21(17)25(23,24)16-8-5-14(19)6-9-16/h5-10,12H,2-4,11H2,1H3,(H,20,22). The van der Waals surface area contributed by atoms with Crippen molar-refractivity contribution in [3.8, 4) is 0 Å². The van der Waals surface area contributed by atoms with E-state index in [2.05, 4.69) is 5.32 Å². The number of benzene rings is 2. The Bertz CT molecular complexity index is 895. The lowest BCUT2D eigenvalue weighted by Gasteiger charge is -2.31. The second-order valence-corrected chi connectivity index (χ2v) is 7.74. The molecule has 1 aliphatic heterocycles. The molecule has 1 heterocycles. The Morgan fingerprint density at radius 3 is 2.60 bits per heavy atom. The topological polar surface area (TPSA) is 66.5 Å². The predicted octanol–water partition coefficient (Wildman–Crippen LogP) is 3.32. The Morgan fingerprint density at radius 2 is 1.92 bits per heavy atom. The molecule has 0 bridgehead atoms. The van der Waals surface area contributed by atoms with E-state index in [-0.39, 0.29) is 10.8 Å². The first kappa shape index (κ1) is 17.4. The molecule has 0 aromatic heterocycles. The van der Waals surface area contributed by atoms with Crippen molar-refractivity contribution in [2.75, 3.05) is 16.2 Å². The monoisotopic (exact) mass is 362 g/mol. The SMILES string of the molecule is CCC(=O)Nc1ccc2c(c1)CCCN2S(=O)(=O)c1ccc(F)cc1. The summed E-state index contributed by atoms with van der Waals surface area (Å²) in [6, 6.07) is 10.0. The number of amides is 1. The molecule has 0 saturated heterocycles. The lowest BCUT2D eigenvalue weighted by atomic mass is 10.0. The van der Waals surface area contributed by atoms with Crippen molar-refractivity contribution in [3.63, 3.8) is 0 Å². The van der Waals surface area contributed by atoms with Gasteiger partial charge in [0.2, 0.25) is 5.91 Å². The van der Waals surface area contributed by atoms with Crippen molar-refractivity contribution in [3.05, 3.63) is 53.8 Å². The summed E-state index contributed by atoms with van der Waals surface area (Å²) < 4.78 is 40.3. The highest BCUT2D eigenvalue weighted by molar-refractivity contribution is 7.92. The van der Waals surface area contributed by atoms with Crippen LogP contribution in [-0.2, 0) is 21.2 Å². The molecule has 1 amide bonds. The Labute approximate surface area is 146 Å². The lowest BCUT2D eigenvalue weighted by molar-refractivity contribution is -0.115. The van der Waals surface area contributed by atoms with Crippen LogP contribution >= 0.6 is 0 Å². The summed E-state index contributed by atoms with van der Waals surface area (Å²) in [5.74, 6) is -0.569. The van der Waals surface area contributed by atoms with Crippen LogP contribution in [0.15, 0.2) is 47.4 Å². The summed E-state index contributed by atoms with van der Waals surface area (Å²) in [6.45, 7) is 2.14. The van der Waals surface area contributed by atoms with Gasteiger partial charge in [-0.15, -0.1) is 0 Å². The smallest absolute Gasteiger partial charge is 0.264 e. The summed E-state index contributed by atoms with van der Waals surface area (Å²) in [4.78, 5) is 11.6. The van der Waals surface area contributed by atoms with E-state index >= 15 is 0 Å². The summed E-state index contributed by atoms with van der Waals surface area (Å²) in [6.07, 6.45) is 1.79. The Morgan fingerprint density at radius 1 is 1.20 bits per heavy atom. The number of hydrogen-bond donors (Lipinski definition) is 1. The number of fused-ring (bicyclic) bond motifs is 1. The van der Waals surface area contributed by atoms with Crippen molar-refractivity contribution in [1.82, 2.24) is 0 Å². The van der Waals surface area contributed by atoms with Crippen LogP contribution in [-0.4, -0.2) is 20.9 Å². The van der Waals surface area contributed by atoms with Crippen LogP contribution in [0.5, 0.6) is 0 Å². The first-order valence-corrected chi connectivity index (χ1v) is 9.57. The summed E-state index contributed by atoms with van der Waals surface area (Å²) >= 11 is 0. The van der Waals surface area contributed by atoms with Gasteiger partial charge in [0.25, 0.3) is 10.0 Å². The van der Waals surface area contributed by atoms with E-state index in [1.54, 1.807) is 19.1 Å². The van der Waals surface area contributed by atoms with Gasteiger partial charge in [-0.05, 0) is 60.9 Å². The second kappa shape index (κ2) is 6.84. The van der Waals surface area contributed by atoms with Crippen molar-refractivity contribution in [1.29, 1.82) is 0 Å². The van der Waals surface area contributed by atoms with Gasteiger partial charge in [-0.1, -0.05) is 6.92 Å². The highest BCUT2D eigenvalue weighted by Crippen LogP contribution is 2.33. The molecule has 25 heavy (non-hydrogen) atoms. The minimum Gasteiger partial charge on any atom is -0.326 e. The normalized spacial score (nSPS) is 14.1. The maximum Gasteiger partial charge on any atom is 0.264 e. The van der Waals surface area contributed by atoms with Gasteiger partial charge in [0.15, 0.2) is 0 Å². The zero-order valence-electron chi connectivity index (χ0n) is 13.8. The molecule has 0 unspecified atom stereocenters. The molecule has 0 fully saturated rings. The highest BCUT2D eigenvalue weighted by Gasteiger charge is 2.29. The maximum atomic E-state index is 13.1. The number of aryl methyl sites for hydroxylation is 1. The Hall–Kier alpha value is -2.41. The minimum absolute atomic E-state index is 0.0603. The molecule has 2 aromatic carbocycles. The molecule has 0 spiro atoms. The van der Waals surface area contributed by atoms with E-state index in [1.165, 1.54) is 16.4 Å². The first-order valence-electron chi connectivity index (χ1n) is 8.13. The van der Waals surface area contributed by atoms with E-state index in [1.807, 2.05) is 6.07 Å². The van der Waals surface area contributed by atoms with Gasteiger partial charge in [0.1, 0.15) is 5.82 Å². The van der Waals surface area contributed by atoms with E-state index in [9.17, 15) is 17.6 Å². The zero-order chi connectivity index (χ0) is 18.0. The van der Waals surface area contributed by atoms with Crippen molar-refractivity contribution in [2.45, 2.75) is 31.1 Å². The molecule has 3 rings (SSSR count). The summed E-state index contributed by atoms with van der Waals surface area (Å²) in [5.41, 5.74) is 2.13. The number of nitrogens with one attached hydrogen (secondary N) is 1. The van der Waals surface area contributed by atoms with Gasteiger partial charge in [-0.25, -0.2) is 12.8 Å². The fraction of sp³-hybridized carbons (Fsp3) is 0.278. The molecule has 1 N–H and O–H groups in total. The Balaban J connectivity index is 1.96. The van der Waals surface area contributed by atoms with Crippen LogP contribution in [0.1, 0.15) is 25.3 Å². The molecule has 0 atom stereocenters. The van der Waals surface area contributed by atoms with E-state index in [4.69, 9.17) is 0 Å². The van der Waals surface area contributed by atoms with Crippen LogP contribution in [0.4, 0.5) is 15.8 Å². The van der Waals surface area contributed by atoms with Gasteiger partial charge in [-0.3, -0.25) is 9.10 Å². The molecule has 0 saturated carbocycles. The quantitative estimate of drug-likeness (QED) is 0.907. The van der Waals surface area contributed by atoms with Gasteiger partial charge >= 0.3 is 0 Å². The minimum atomic E-state index is -3.75. The molecule has 1 aliphatic rings. The molecule has 5 nitrogen and oxygen atoms in total. The van der Waals surface area contributed by atoms with Gasteiger partial charge in [0, 0.05) is 18.7 Å². The van der Waals surface area contributed by atoms with E-state index < -0.39 is 15.8 Å². The van der Waals surface area contributed by atoms with Gasteiger partial charge in [-0.2, -0.15) is 0 Å². The summed E-state index contributed by atoms with van der Waals surface area (Å²) in [5, 5.41) is 2.78. The largest absolute Gasteiger partial charge is 0.326 e. The fourth-order valence-electron chi connectivity index (χ4n) is 2.87. The number of sulfonamides is 1. The van der Waals surface area contributed by atoms with Gasteiger partial charge < -0.3 is 5.32 Å². The van der Waals surface area contributed by atoms with Crippen molar-refractivity contribution >= 4 is 27.3 Å². The second-order valence-electron chi connectivity index (χ2n) is 5.88. The number of carbonyl (C=O) groups is 1. The highest BCUT2D eigenvalue weighted by atomic mass is 32.2. The van der Waals surface area contributed by atoms with Crippen LogP contribution in [0.3, 0.4) is 0 Å². The average molecular weight is 362 g/mol. The first-order chi connectivity index (χ1) is 11.9. The van der Waals surface area contributed by atoms with E-state index in [0.717, 1.165) is 24.1 Å². The number of carbonyl (C=O) groups excluding carboxylic acids is 1. The number of hydrogen-bond acceptors (Lipinski definition) is 3. The molecule has 132 valence electrons. The molecular formula is C18H19FN2O3S. The Kier molecular flexibility index (Phi) is 4.76. The molecule has 2 aromatic rings. The fourth-order valence-corrected chi connectivity index (χ4v) is 4.41. The van der Waals surface area contributed by atoms with Crippen molar-refractivity contribution in [2.24, 2.45) is 0 Å². The van der Waals surface area contributed by atoms with Crippen LogP contribution in [0.25, 0.3) is 0 Å². The van der Waals surface area contributed by atoms with Crippen LogP contribution < -0.4 is 9.62 Å². The predicted molar refractivity (Wildman–Crippen MR) is 94.6 cm³/mol. The third-order valence-electron chi connectivity index (χ3n) is 4.16. The average Bonchev–Trinajstić information content (AvgIpc) is 2.61. The molecule has 0 radical (unpaired) electrons. The number of rotatable bonds is 4. The third kappa shape index (κ3) is 3.51. The van der Waals surface area contributed by atoms with Crippen LogP contribution in [0, 0.1) is 5.82 Å². The number of nitrogens with zero attached hydrogens (tertiary/aromatic N) is 1. The summed E-state index contributed by atoms with van der Waals surface area (Å²) in [7, 11) is -3.75. The van der Waals surface area contributed by atoms with Crippen molar-refractivity contribution < 1.29 is 17.6 Å². The number of halogens is 1. The maximum absolute atomic E-state index is 13.1. The molecular weight excluding hydrogens is 343 g/mol. The van der Waals surface area contributed by atoms with Gasteiger partial charge in [0.05, 0.1) is 10.6 Å². The third-order valence-corrected chi connectivity index (χ3v) is 5.99.